The van der Waals surface area contributed by atoms with E-state index in [1.807, 2.05) is 6.07 Å². The van der Waals surface area contributed by atoms with Crippen molar-refractivity contribution in [2.75, 3.05) is 13.1 Å². The van der Waals surface area contributed by atoms with Gasteiger partial charge in [0.25, 0.3) is 5.56 Å². The van der Waals surface area contributed by atoms with Crippen LogP contribution in [0.5, 0.6) is 0 Å². The van der Waals surface area contributed by atoms with Crippen LogP contribution in [-0.2, 0) is 12.0 Å². The number of aromatic nitrogens is 2. The van der Waals surface area contributed by atoms with Crippen LogP contribution < -0.4 is 5.56 Å². The smallest absolute Gasteiger partial charge is 0.266 e. The van der Waals surface area contributed by atoms with Crippen molar-refractivity contribution in [2.45, 2.75) is 70.6 Å². The number of hydrogen-bond donors (Lipinski definition) is 1. The summed E-state index contributed by atoms with van der Waals surface area (Å²) < 4.78 is 1.65. The molecule has 5 heteroatoms. The van der Waals surface area contributed by atoms with E-state index in [4.69, 9.17) is 0 Å². The lowest BCUT2D eigenvalue weighted by Gasteiger charge is -2.44. The molecule has 1 aliphatic heterocycles. The molecule has 0 amide bonds. The summed E-state index contributed by atoms with van der Waals surface area (Å²) >= 11 is 0. The molecule has 2 aliphatic rings. The molecule has 1 aliphatic carbocycles. The second kappa shape index (κ2) is 6.36. The van der Waals surface area contributed by atoms with Gasteiger partial charge in [0.15, 0.2) is 0 Å². The molecule has 23 heavy (non-hydrogen) atoms. The first-order chi connectivity index (χ1) is 10.8. The summed E-state index contributed by atoms with van der Waals surface area (Å²) in [5.74, 6) is 0.504. The second-order valence-corrected chi connectivity index (χ2v) is 8.18. The molecule has 5 nitrogen and oxygen atoms in total. The average molecular weight is 319 g/mol. The number of rotatable bonds is 3. The van der Waals surface area contributed by atoms with E-state index in [9.17, 15) is 9.90 Å². The normalized spacial score (nSPS) is 27.0. The Kier molecular flexibility index (Phi) is 4.61. The highest BCUT2D eigenvalue weighted by Crippen LogP contribution is 2.30. The summed E-state index contributed by atoms with van der Waals surface area (Å²) in [6.07, 6.45) is 4.11. The van der Waals surface area contributed by atoms with Gasteiger partial charge in [0, 0.05) is 24.1 Å². The predicted octanol–water partition coefficient (Wildman–Crippen LogP) is 1.78. The summed E-state index contributed by atoms with van der Waals surface area (Å²) in [6.45, 7) is 9.12. The standard InChI is InChI=1S/C18H29N3O2/c1-18(2,3)16-6-7-17(23)21(19-16)12-13-8-10-20(11-9-13)14-4-5-15(14)22/h6-7,13-15,22H,4-5,8-12H2,1-3H3. The molecule has 3 rings (SSSR count). The molecule has 1 N–H and O–H groups in total. The molecule has 2 fully saturated rings. The molecule has 1 aromatic rings. The van der Waals surface area contributed by atoms with Crippen molar-refractivity contribution < 1.29 is 5.11 Å². The van der Waals surface area contributed by atoms with Crippen molar-refractivity contribution in [3.63, 3.8) is 0 Å². The van der Waals surface area contributed by atoms with Crippen LogP contribution in [-0.4, -0.2) is 45.0 Å². The first-order valence-electron chi connectivity index (χ1n) is 8.85. The molecule has 1 aromatic heterocycles. The number of piperidine rings is 1. The monoisotopic (exact) mass is 319 g/mol. The van der Waals surface area contributed by atoms with E-state index < -0.39 is 0 Å². The van der Waals surface area contributed by atoms with Crippen LogP contribution >= 0.6 is 0 Å². The number of aliphatic hydroxyl groups is 1. The topological polar surface area (TPSA) is 58.4 Å². The molecule has 0 bridgehead atoms. The zero-order valence-electron chi connectivity index (χ0n) is 14.5. The van der Waals surface area contributed by atoms with Gasteiger partial charge in [0.2, 0.25) is 0 Å². The Balaban J connectivity index is 1.61. The Labute approximate surface area is 138 Å². The molecular weight excluding hydrogens is 290 g/mol. The largest absolute Gasteiger partial charge is 0.391 e. The third-order valence-electron chi connectivity index (χ3n) is 5.39. The summed E-state index contributed by atoms with van der Waals surface area (Å²) in [7, 11) is 0. The van der Waals surface area contributed by atoms with Gasteiger partial charge >= 0.3 is 0 Å². The van der Waals surface area contributed by atoms with Crippen LogP contribution in [0.4, 0.5) is 0 Å². The molecule has 1 saturated carbocycles. The lowest BCUT2D eigenvalue weighted by Crippen LogP contribution is -2.53. The van der Waals surface area contributed by atoms with Gasteiger partial charge in [-0.2, -0.15) is 5.10 Å². The number of aliphatic hydroxyl groups excluding tert-OH is 1. The van der Waals surface area contributed by atoms with Crippen LogP contribution in [0.25, 0.3) is 0 Å². The van der Waals surface area contributed by atoms with Crippen LogP contribution in [0.1, 0.15) is 52.1 Å². The molecule has 0 aromatic carbocycles. The van der Waals surface area contributed by atoms with Gasteiger partial charge in [-0.15, -0.1) is 0 Å². The number of likely N-dealkylation sites (tertiary alicyclic amines) is 1. The van der Waals surface area contributed by atoms with E-state index in [0.717, 1.165) is 44.5 Å². The molecule has 128 valence electrons. The van der Waals surface area contributed by atoms with Gasteiger partial charge in [0.1, 0.15) is 0 Å². The number of hydrogen-bond acceptors (Lipinski definition) is 4. The molecule has 2 atom stereocenters. The fourth-order valence-corrected chi connectivity index (χ4v) is 3.58. The highest BCUT2D eigenvalue weighted by Gasteiger charge is 2.35. The van der Waals surface area contributed by atoms with Crippen LogP contribution in [0.2, 0.25) is 0 Å². The quantitative estimate of drug-likeness (QED) is 0.922. The van der Waals surface area contributed by atoms with E-state index in [-0.39, 0.29) is 17.1 Å². The first kappa shape index (κ1) is 16.7. The fourth-order valence-electron chi connectivity index (χ4n) is 3.58. The van der Waals surface area contributed by atoms with Gasteiger partial charge < -0.3 is 5.11 Å². The van der Waals surface area contributed by atoms with Gasteiger partial charge in [0.05, 0.1) is 11.8 Å². The maximum Gasteiger partial charge on any atom is 0.266 e. The molecule has 0 radical (unpaired) electrons. The zero-order chi connectivity index (χ0) is 16.6. The zero-order valence-corrected chi connectivity index (χ0v) is 14.5. The van der Waals surface area contributed by atoms with Crippen molar-refractivity contribution in [3.8, 4) is 0 Å². The molecule has 1 saturated heterocycles. The van der Waals surface area contributed by atoms with Gasteiger partial charge in [-0.3, -0.25) is 9.69 Å². The third kappa shape index (κ3) is 3.66. The highest BCUT2D eigenvalue weighted by atomic mass is 16.3. The highest BCUT2D eigenvalue weighted by molar-refractivity contribution is 5.10. The van der Waals surface area contributed by atoms with E-state index >= 15 is 0 Å². The van der Waals surface area contributed by atoms with Crippen LogP contribution in [0.3, 0.4) is 0 Å². The second-order valence-electron chi connectivity index (χ2n) is 8.18. The summed E-state index contributed by atoms with van der Waals surface area (Å²) in [6, 6.07) is 3.87. The third-order valence-corrected chi connectivity index (χ3v) is 5.39. The predicted molar refractivity (Wildman–Crippen MR) is 90.5 cm³/mol. The van der Waals surface area contributed by atoms with Crippen molar-refractivity contribution in [1.82, 2.24) is 14.7 Å². The van der Waals surface area contributed by atoms with Crippen molar-refractivity contribution in [1.29, 1.82) is 0 Å². The summed E-state index contributed by atoms with van der Waals surface area (Å²) in [5.41, 5.74) is 0.918. The Morgan fingerprint density at radius 2 is 1.87 bits per heavy atom. The van der Waals surface area contributed by atoms with Crippen molar-refractivity contribution >= 4 is 0 Å². The Bertz CT molecular complexity index is 597. The van der Waals surface area contributed by atoms with Crippen LogP contribution in [0.15, 0.2) is 16.9 Å². The van der Waals surface area contributed by atoms with Crippen LogP contribution in [0, 0.1) is 5.92 Å². The SMILES string of the molecule is CC(C)(C)c1ccc(=O)n(CC2CCN(C3CCC3O)CC2)n1. The minimum absolute atomic E-state index is 0.00477. The van der Waals surface area contributed by atoms with E-state index in [1.54, 1.807) is 10.7 Å². The van der Waals surface area contributed by atoms with E-state index in [0.29, 0.717) is 18.5 Å². The van der Waals surface area contributed by atoms with Gasteiger partial charge in [-0.05, 0) is 50.8 Å². The maximum atomic E-state index is 12.1. The molecule has 2 heterocycles. The summed E-state index contributed by atoms with van der Waals surface area (Å²) in [4.78, 5) is 14.5. The van der Waals surface area contributed by atoms with Gasteiger partial charge in [-0.1, -0.05) is 20.8 Å². The fraction of sp³-hybridized carbons (Fsp3) is 0.778. The molecule has 0 spiro atoms. The Morgan fingerprint density at radius 1 is 1.17 bits per heavy atom. The Hall–Kier alpha value is -1.20. The minimum atomic E-state index is -0.126. The average Bonchev–Trinajstić information content (AvgIpc) is 2.48. The van der Waals surface area contributed by atoms with Gasteiger partial charge in [-0.25, -0.2) is 4.68 Å². The van der Waals surface area contributed by atoms with Crippen molar-refractivity contribution in [2.24, 2.45) is 5.92 Å². The Morgan fingerprint density at radius 3 is 2.39 bits per heavy atom. The van der Waals surface area contributed by atoms with Crippen molar-refractivity contribution in [3.05, 3.63) is 28.2 Å². The lowest BCUT2D eigenvalue weighted by molar-refractivity contribution is -0.0348. The maximum absolute atomic E-state index is 12.1. The number of nitrogens with zero attached hydrogens (tertiary/aromatic N) is 3. The lowest BCUT2D eigenvalue weighted by atomic mass is 9.85. The first-order valence-corrected chi connectivity index (χ1v) is 8.85. The minimum Gasteiger partial charge on any atom is -0.391 e. The molecule has 2 unspecified atom stereocenters. The van der Waals surface area contributed by atoms with E-state index in [1.165, 1.54) is 0 Å². The van der Waals surface area contributed by atoms with E-state index in [2.05, 4.69) is 30.8 Å². The molecular formula is C18H29N3O2. The summed E-state index contributed by atoms with van der Waals surface area (Å²) in [5, 5.41) is 14.4.